The zero-order valence-corrected chi connectivity index (χ0v) is 16.3. The first-order valence-corrected chi connectivity index (χ1v) is 9.11. The molecule has 0 heterocycles. The van der Waals surface area contributed by atoms with E-state index >= 15 is 0 Å². The Morgan fingerprint density at radius 3 is 2.26 bits per heavy atom. The lowest BCUT2D eigenvalue weighted by Gasteiger charge is -2.07. The molecule has 0 aliphatic heterocycles. The van der Waals surface area contributed by atoms with Gasteiger partial charge in [-0.25, -0.2) is 4.79 Å². The molecule has 0 unspecified atom stereocenters. The summed E-state index contributed by atoms with van der Waals surface area (Å²) in [5.74, 6) is -0.990. The largest absolute Gasteiger partial charge is 0.454 e. The Kier molecular flexibility index (Phi) is 7.82. The number of hydrogen-bond acceptors (Lipinski definition) is 4. The standard InChI is InChI=1S/C20H19Cl2NO4/c1-13(24)23-10-2-3-14-4-6-15(7-5-14)19(25)12-27-20(26)16-8-9-17(21)18(22)11-16/h4-9,11H,2-3,10,12H2,1H3,(H,23,24). The second kappa shape index (κ2) is 10.1. The maximum atomic E-state index is 12.2. The third-order valence-electron chi connectivity index (χ3n) is 3.78. The van der Waals surface area contributed by atoms with Crippen LogP contribution >= 0.6 is 23.2 Å². The molecule has 2 rings (SSSR count). The van der Waals surface area contributed by atoms with Crippen LogP contribution in [0.15, 0.2) is 42.5 Å². The summed E-state index contributed by atoms with van der Waals surface area (Å²) in [6, 6.07) is 11.5. The quantitative estimate of drug-likeness (QED) is 0.406. The maximum Gasteiger partial charge on any atom is 0.338 e. The van der Waals surface area contributed by atoms with Crippen molar-refractivity contribution in [2.45, 2.75) is 19.8 Å². The lowest BCUT2D eigenvalue weighted by atomic mass is 10.1. The summed E-state index contributed by atoms with van der Waals surface area (Å²) in [6.07, 6.45) is 1.61. The van der Waals surface area contributed by atoms with Crippen molar-refractivity contribution in [2.75, 3.05) is 13.2 Å². The second-order valence-corrected chi connectivity index (χ2v) is 6.73. The number of benzene rings is 2. The van der Waals surface area contributed by atoms with E-state index < -0.39 is 5.97 Å². The van der Waals surface area contributed by atoms with Gasteiger partial charge in [-0.05, 0) is 36.6 Å². The highest BCUT2D eigenvalue weighted by atomic mass is 35.5. The van der Waals surface area contributed by atoms with Crippen molar-refractivity contribution in [3.05, 3.63) is 69.2 Å². The number of hydrogen-bond donors (Lipinski definition) is 1. The first-order valence-electron chi connectivity index (χ1n) is 8.35. The number of carbonyl (C=O) groups excluding carboxylic acids is 3. The van der Waals surface area contributed by atoms with E-state index in [1.165, 1.54) is 25.1 Å². The average molecular weight is 408 g/mol. The van der Waals surface area contributed by atoms with E-state index in [0.29, 0.717) is 17.1 Å². The lowest BCUT2D eigenvalue weighted by molar-refractivity contribution is -0.118. The van der Waals surface area contributed by atoms with Crippen molar-refractivity contribution in [3.8, 4) is 0 Å². The normalized spacial score (nSPS) is 10.3. The van der Waals surface area contributed by atoms with E-state index in [1.54, 1.807) is 12.1 Å². The van der Waals surface area contributed by atoms with Crippen molar-refractivity contribution in [1.82, 2.24) is 5.32 Å². The Balaban J connectivity index is 1.83. The van der Waals surface area contributed by atoms with Gasteiger partial charge >= 0.3 is 5.97 Å². The first kappa shape index (κ1) is 20.9. The van der Waals surface area contributed by atoms with Gasteiger partial charge in [0, 0.05) is 19.0 Å². The number of Topliss-reactive ketones (excluding diaryl/α,β-unsaturated/α-hetero) is 1. The SMILES string of the molecule is CC(=O)NCCCc1ccc(C(=O)COC(=O)c2ccc(Cl)c(Cl)c2)cc1. The summed E-state index contributed by atoms with van der Waals surface area (Å²) in [6.45, 7) is 1.73. The molecule has 0 saturated carbocycles. The predicted octanol–water partition coefficient (Wildman–Crippen LogP) is 4.10. The van der Waals surface area contributed by atoms with Gasteiger partial charge in [-0.2, -0.15) is 0 Å². The van der Waals surface area contributed by atoms with E-state index in [2.05, 4.69) is 5.32 Å². The highest BCUT2D eigenvalue weighted by Gasteiger charge is 2.13. The first-order chi connectivity index (χ1) is 12.9. The van der Waals surface area contributed by atoms with Gasteiger partial charge in [0.05, 0.1) is 15.6 Å². The smallest absolute Gasteiger partial charge is 0.338 e. The van der Waals surface area contributed by atoms with Gasteiger partial charge < -0.3 is 10.1 Å². The molecule has 1 amide bonds. The number of ether oxygens (including phenoxy) is 1. The highest BCUT2D eigenvalue weighted by Crippen LogP contribution is 2.23. The zero-order chi connectivity index (χ0) is 19.8. The Hall–Kier alpha value is -2.37. The third kappa shape index (κ3) is 6.70. The molecule has 2 aromatic rings. The number of nitrogens with one attached hydrogen (secondary N) is 1. The highest BCUT2D eigenvalue weighted by molar-refractivity contribution is 6.42. The molecule has 0 saturated heterocycles. The van der Waals surface area contributed by atoms with Crippen LogP contribution in [-0.2, 0) is 16.0 Å². The van der Waals surface area contributed by atoms with Crippen LogP contribution in [0.3, 0.4) is 0 Å². The molecule has 0 fully saturated rings. The zero-order valence-electron chi connectivity index (χ0n) is 14.8. The minimum absolute atomic E-state index is 0.0497. The summed E-state index contributed by atoms with van der Waals surface area (Å²) < 4.78 is 5.04. The summed E-state index contributed by atoms with van der Waals surface area (Å²) in [7, 11) is 0. The monoisotopic (exact) mass is 407 g/mol. The summed E-state index contributed by atoms with van der Waals surface area (Å²) >= 11 is 11.7. The number of aryl methyl sites for hydroxylation is 1. The summed E-state index contributed by atoms with van der Waals surface area (Å²) in [4.78, 5) is 35.0. The number of amides is 1. The number of esters is 1. The molecule has 2 aromatic carbocycles. The molecule has 0 aromatic heterocycles. The van der Waals surface area contributed by atoms with Crippen molar-refractivity contribution in [3.63, 3.8) is 0 Å². The van der Waals surface area contributed by atoms with E-state index in [0.717, 1.165) is 18.4 Å². The molecule has 0 aliphatic carbocycles. The molecule has 0 aliphatic rings. The predicted molar refractivity (Wildman–Crippen MR) is 105 cm³/mol. The molecule has 7 heteroatoms. The lowest BCUT2D eigenvalue weighted by Crippen LogP contribution is -2.21. The molecule has 0 bridgehead atoms. The van der Waals surface area contributed by atoms with Crippen LogP contribution in [0.4, 0.5) is 0 Å². The van der Waals surface area contributed by atoms with Crippen LogP contribution in [0.2, 0.25) is 10.0 Å². The Morgan fingerprint density at radius 1 is 0.963 bits per heavy atom. The topological polar surface area (TPSA) is 72.5 Å². The van der Waals surface area contributed by atoms with Gasteiger partial charge in [0.15, 0.2) is 12.4 Å². The van der Waals surface area contributed by atoms with Gasteiger partial charge in [0.1, 0.15) is 0 Å². The maximum absolute atomic E-state index is 12.2. The minimum Gasteiger partial charge on any atom is -0.454 e. The number of carbonyl (C=O) groups is 3. The van der Waals surface area contributed by atoms with Crippen LogP contribution < -0.4 is 5.32 Å². The third-order valence-corrected chi connectivity index (χ3v) is 4.52. The van der Waals surface area contributed by atoms with Crippen LogP contribution in [0, 0.1) is 0 Å². The van der Waals surface area contributed by atoms with E-state index in [4.69, 9.17) is 27.9 Å². The molecular formula is C20H19Cl2NO4. The Bertz CT molecular complexity index is 834. The molecular weight excluding hydrogens is 389 g/mol. The van der Waals surface area contributed by atoms with Crippen molar-refractivity contribution >= 4 is 40.9 Å². The number of ketones is 1. The number of halogens is 2. The summed E-state index contributed by atoms with van der Waals surface area (Å²) in [5.41, 5.74) is 1.75. The minimum atomic E-state index is -0.642. The van der Waals surface area contributed by atoms with E-state index in [1.807, 2.05) is 12.1 Å². The average Bonchev–Trinajstić information content (AvgIpc) is 2.65. The van der Waals surface area contributed by atoms with Crippen LogP contribution in [-0.4, -0.2) is 30.8 Å². The second-order valence-electron chi connectivity index (χ2n) is 5.91. The van der Waals surface area contributed by atoms with Gasteiger partial charge in [-0.1, -0.05) is 47.5 Å². The van der Waals surface area contributed by atoms with Crippen LogP contribution in [0.5, 0.6) is 0 Å². The van der Waals surface area contributed by atoms with E-state index in [-0.39, 0.29) is 28.9 Å². The molecule has 0 radical (unpaired) electrons. The Morgan fingerprint density at radius 2 is 1.63 bits per heavy atom. The van der Waals surface area contributed by atoms with Crippen molar-refractivity contribution < 1.29 is 19.1 Å². The molecule has 1 N–H and O–H groups in total. The molecule has 27 heavy (non-hydrogen) atoms. The van der Waals surface area contributed by atoms with Crippen molar-refractivity contribution in [2.24, 2.45) is 0 Å². The molecule has 0 atom stereocenters. The molecule has 142 valence electrons. The van der Waals surface area contributed by atoms with E-state index in [9.17, 15) is 14.4 Å². The van der Waals surface area contributed by atoms with Crippen LogP contribution in [0.25, 0.3) is 0 Å². The van der Waals surface area contributed by atoms with Gasteiger partial charge in [-0.3, -0.25) is 9.59 Å². The Labute approximate surface area is 167 Å². The summed E-state index contributed by atoms with van der Waals surface area (Å²) in [5, 5.41) is 3.31. The molecule has 0 spiro atoms. The van der Waals surface area contributed by atoms with Crippen LogP contribution in [0.1, 0.15) is 39.6 Å². The fourth-order valence-electron chi connectivity index (χ4n) is 2.34. The fraction of sp³-hybridized carbons (Fsp3) is 0.250. The van der Waals surface area contributed by atoms with Crippen molar-refractivity contribution in [1.29, 1.82) is 0 Å². The molecule has 5 nitrogen and oxygen atoms in total. The van der Waals surface area contributed by atoms with Gasteiger partial charge in [0.25, 0.3) is 0 Å². The fourth-order valence-corrected chi connectivity index (χ4v) is 2.63. The number of rotatable bonds is 8. The van der Waals surface area contributed by atoms with Gasteiger partial charge in [-0.15, -0.1) is 0 Å². The van der Waals surface area contributed by atoms with Gasteiger partial charge in [0.2, 0.25) is 5.91 Å².